The fraction of sp³-hybridized carbons (Fsp3) is 0.923. The van der Waals surface area contributed by atoms with Gasteiger partial charge in [-0.1, -0.05) is 6.92 Å². The molecule has 1 fully saturated rings. The van der Waals surface area contributed by atoms with Gasteiger partial charge in [0.15, 0.2) is 0 Å². The van der Waals surface area contributed by atoms with Crippen LogP contribution in [0.3, 0.4) is 0 Å². The number of nitrogens with one attached hydrogen (secondary N) is 1. The molecule has 0 amide bonds. The van der Waals surface area contributed by atoms with Crippen LogP contribution in [0, 0.1) is 0 Å². The molecule has 1 aliphatic rings. The van der Waals surface area contributed by atoms with Gasteiger partial charge >= 0.3 is 0 Å². The Morgan fingerprint density at radius 1 is 1.42 bits per heavy atom. The van der Waals surface area contributed by atoms with Gasteiger partial charge in [-0.3, -0.25) is 15.3 Å². The quantitative estimate of drug-likeness (QED) is 0.238. The molecule has 0 aromatic carbocycles. The van der Waals surface area contributed by atoms with Gasteiger partial charge in [0.05, 0.1) is 0 Å². The number of guanidine groups is 1. The van der Waals surface area contributed by atoms with Crippen molar-refractivity contribution in [3.05, 3.63) is 0 Å². The molecule has 3 N–H and O–H groups in total. The molecule has 6 nitrogen and oxygen atoms in total. The third-order valence-electron chi connectivity index (χ3n) is 3.51. The zero-order valence-electron chi connectivity index (χ0n) is 12.6. The van der Waals surface area contributed by atoms with Crippen molar-refractivity contribution in [2.45, 2.75) is 33.2 Å². The molecule has 0 aromatic heterocycles. The maximum Gasteiger partial charge on any atom is 0.208 e. The van der Waals surface area contributed by atoms with E-state index >= 15 is 0 Å². The summed E-state index contributed by atoms with van der Waals surface area (Å²) >= 11 is 0. The van der Waals surface area contributed by atoms with Gasteiger partial charge in [-0.2, -0.15) is 0 Å². The molecule has 0 aromatic rings. The highest BCUT2D eigenvalue weighted by Crippen LogP contribution is 2.08. The number of likely N-dealkylation sites (N-methyl/N-ethyl adjacent to an activating group) is 1. The lowest BCUT2D eigenvalue weighted by Crippen LogP contribution is -2.57. The first-order valence-corrected chi connectivity index (χ1v) is 7.30. The van der Waals surface area contributed by atoms with E-state index in [0.29, 0.717) is 6.04 Å². The summed E-state index contributed by atoms with van der Waals surface area (Å²) < 4.78 is 5.30. The van der Waals surface area contributed by atoms with E-state index in [4.69, 9.17) is 10.6 Å². The van der Waals surface area contributed by atoms with E-state index in [1.165, 1.54) is 0 Å². The summed E-state index contributed by atoms with van der Waals surface area (Å²) in [6, 6.07) is 0.542. The summed E-state index contributed by atoms with van der Waals surface area (Å²) in [5.74, 6) is 6.39. The van der Waals surface area contributed by atoms with Gasteiger partial charge in [-0.05, 0) is 26.8 Å². The van der Waals surface area contributed by atoms with Gasteiger partial charge in [0, 0.05) is 45.4 Å². The Bertz CT molecular complexity index is 272. The second-order valence-electron chi connectivity index (χ2n) is 4.82. The molecule has 1 atom stereocenters. The Kier molecular flexibility index (Phi) is 7.78. The third-order valence-corrected chi connectivity index (χ3v) is 3.51. The molecule has 0 radical (unpaired) electrons. The highest BCUT2D eigenvalue weighted by molar-refractivity contribution is 5.79. The average molecular weight is 271 g/mol. The summed E-state index contributed by atoms with van der Waals surface area (Å²) in [4.78, 5) is 9.24. The van der Waals surface area contributed by atoms with Crippen molar-refractivity contribution in [2.75, 3.05) is 45.9 Å². The van der Waals surface area contributed by atoms with E-state index in [2.05, 4.69) is 34.1 Å². The first kappa shape index (κ1) is 16.2. The molecule has 1 rings (SSSR count). The first-order valence-electron chi connectivity index (χ1n) is 7.30. The number of ether oxygens (including phenoxy) is 1. The minimum Gasteiger partial charge on any atom is -0.382 e. The zero-order chi connectivity index (χ0) is 14.1. The summed E-state index contributed by atoms with van der Waals surface area (Å²) in [7, 11) is 0. The van der Waals surface area contributed by atoms with E-state index < -0.39 is 0 Å². The lowest BCUT2D eigenvalue weighted by atomic mass is 10.2. The number of hydrazine groups is 1. The normalized spacial score (nSPS) is 21.8. The minimum atomic E-state index is 0.542. The van der Waals surface area contributed by atoms with Gasteiger partial charge in [-0.25, -0.2) is 5.84 Å². The van der Waals surface area contributed by atoms with Crippen LogP contribution in [0.2, 0.25) is 0 Å². The number of nitrogens with two attached hydrogens (primary N) is 1. The van der Waals surface area contributed by atoms with E-state index in [9.17, 15) is 0 Å². The molecule has 1 saturated heterocycles. The van der Waals surface area contributed by atoms with Crippen LogP contribution >= 0.6 is 0 Å². The van der Waals surface area contributed by atoms with Crippen molar-refractivity contribution < 1.29 is 4.74 Å². The topological polar surface area (TPSA) is 66.1 Å². The van der Waals surface area contributed by atoms with Crippen LogP contribution in [0.5, 0.6) is 0 Å². The molecule has 1 unspecified atom stereocenters. The number of rotatable bonds is 6. The molecular formula is C13H29N5O. The van der Waals surface area contributed by atoms with Gasteiger partial charge < -0.3 is 9.64 Å². The molecule has 0 bridgehead atoms. The molecule has 112 valence electrons. The Morgan fingerprint density at radius 2 is 2.21 bits per heavy atom. The van der Waals surface area contributed by atoms with Crippen molar-refractivity contribution in [3.63, 3.8) is 0 Å². The summed E-state index contributed by atoms with van der Waals surface area (Å²) in [6.45, 7) is 12.9. The van der Waals surface area contributed by atoms with Crippen molar-refractivity contribution in [1.29, 1.82) is 0 Å². The van der Waals surface area contributed by atoms with Crippen LogP contribution in [-0.2, 0) is 4.74 Å². The Labute approximate surface area is 117 Å². The highest BCUT2D eigenvalue weighted by atomic mass is 16.5. The van der Waals surface area contributed by atoms with Crippen molar-refractivity contribution in [3.8, 4) is 0 Å². The summed E-state index contributed by atoms with van der Waals surface area (Å²) in [5.41, 5.74) is 2.73. The van der Waals surface area contributed by atoms with Crippen LogP contribution < -0.4 is 11.3 Å². The lowest BCUT2D eigenvalue weighted by molar-refractivity contribution is 0.127. The van der Waals surface area contributed by atoms with E-state index in [1.807, 2.05) is 6.92 Å². The smallest absolute Gasteiger partial charge is 0.208 e. The van der Waals surface area contributed by atoms with Crippen LogP contribution in [0.25, 0.3) is 0 Å². The molecule has 6 heteroatoms. The maximum atomic E-state index is 5.59. The second-order valence-corrected chi connectivity index (χ2v) is 4.82. The molecule has 1 heterocycles. The Balaban J connectivity index is 2.40. The average Bonchev–Trinajstić information content (AvgIpc) is 2.43. The van der Waals surface area contributed by atoms with Gasteiger partial charge in [0.1, 0.15) is 0 Å². The third kappa shape index (κ3) is 5.34. The number of piperazine rings is 1. The van der Waals surface area contributed by atoms with Gasteiger partial charge in [-0.15, -0.1) is 0 Å². The van der Waals surface area contributed by atoms with Crippen LogP contribution in [-0.4, -0.2) is 67.7 Å². The highest BCUT2D eigenvalue weighted by Gasteiger charge is 2.23. The van der Waals surface area contributed by atoms with Crippen molar-refractivity contribution in [2.24, 2.45) is 10.8 Å². The van der Waals surface area contributed by atoms with E-state index in [-0.39, 0.29) is 0 Å². The number of hydrogen-bond acceptors (Lipinski definition) is 4. The number of hydrogen-bond donors (Lipinski definition) is 2. The first-order chi connectivity index (χ1) is 9.22. The molecule has 0 aliphatic carbocycles. The predicted molar refractivity (Wildman–Crippen MR) is 79.0 cm³/mol. The predicted octanol–water partition coefficient (Wildman–Crippen LogP) is 0.258. The minimum absolute atomic E-state index is 0.542. The summed E-state index contributed by atoms with van der Waals surface area (Å²) in [5, 5.41) is 0. The number of aliphatic imine (C=N–C) groups is 1. The Morgan fingerprint density at radius 3 is 2.79 bits per heavy atom. The van der Waals surface area contributed by atoms with Gasteiger partial charge in [0.25, 0.3) is 0 Å². The van der Waals surface area contributed by atoms with Crippen molar-refractivity contribution in [1.82, 2.24) is 15.2 Å². The second kappa shape index (κ2) is 9.12. The largest absolute Gasteiger partial charge is 0.382 e. The fourth-order valence-corrected chi connectivity index (χ4v) is 2.39. The number of nitrogens with zero attached hydrogens (tertiary/aromatic N) is 3. The molecule has 0 spiro atoms. The standard InChI is InChI=1S/C13H29N5O/c1-4-17-8-9-18(11-12(17)3)13(16-14)15-7-6-10-19-5-2/h12H,4-11,14H2,1-3H3,(H,15,16). The summed E-state index contributed by atoms with van der Waals surface area (Å²) in [6.07, 6.45) is 0.934. The van der Waals surface area contributed by atoms with E-state index in [0.717, 1.165) is 58.3 Å². The maximum absolute atomic E-state index is 5.59. The molecule has 0 saturated carbocycles. The molecular weight excluding hydrogens is 242 g/mol. The fourth-order valence-electron chi connectivity index (χ4n) is 2.39. The van der Waals surface area contributed by atoms with Crippen molar-refractivity contribution >= 4 is 5.96 Å². The van der Waals surface area contributed by atoms with E-state index in [1.54, 1.807) is 0 Å². The zero-order valence-corrected chi connectivity index (χ0v) is 12.6. The van der Waals surface area contributed by atoms with Gasteiger partial charge in [0.2, 0.25) is 5.96 Å². The SMILES string of the molecule is CCOCCCN=C(NN)N1CCN(CC)C(C)C1. The van der Waals surface area contributed by atoms with Crippen LogP contribution in [0.15, 0.2) is 4.99 Å². The molecule has 19 heavy (non-hydrogen) atoms. The Hall–Kier alpha value is -0.850. The lowest BCUT2D eigenvalue weighted by Gasteiger charge is -2.40. The van der Waals surface area contributed by atoms with Crippen LogP contribution in [0.4, 0.5) is 0 Å². The monoisotopic (exact) mass is 271 g/mol. The molecule has 1 aliphatic heterocycles. The van der Waals surface area contributed by atoms with Crippen LogP contribution in [0.1, 0.15) is 27.2 Å².